The molecule has 1 saturated heterocycles. The first-order chi connectivity index (χ1) is 10.9. The molecule has 1 aromatic carbocycles. The lowest BCUT2D eigenvalue weighted by Gasteiger charge is -2.39. The molecule has 0 saturated carbocycles. The van der Waals surface area contributed by atoms with Gasteiger partial charge in [-0.1, -0.05) is 18.2 Å². The maximum Gasteiger partial charge on any atom is 0.161 e. The Bertz CT molecular complexity index is 634. The minimum Gasteiger partial charge on any atom is -0.493 e. The van der Waals surface area contributed by atoms with Gasteiger partial charge in [-0.25, -0.2) is 0 Å². The predicted octanol–water partition coefficient (Wildman–Crippen LogP) is 1.97. The summed E-state index contributed by atoms with van der Waals surface area (Å²) in [6.45, 7) is 0.773. The van der Waals surface area contributed by atoms with Gasteiger partial charge in [0, 0.05) is 14.2 Å². The first-order valence-corrected chi connectivity index (χ1v) is 7.17. The highest BCUT2D eigenvalue weighted by Gasteiger charge is 2.48. The highest BCUT2D eigenvalue weighted by molar-refractivity contribution is 5.48. The number of aliphatic hydroxyl groups excluding tert-OH is 1. The summed E-state index contributed by atoms with van der Waals surface area (Å²) in [5.41, 5.74) is 0.508. The number of aliphatic hydroxyl groups is 1. The lowest BCUT2D eigenvalue weighted by atomic mass is 9.69. The van der Waals surface area contributed by atoms with Crippen LogP contribution in [0.25, 0.3) is 0 Å². The molecule has 1 N–H and O–H groups in total. The lowest BCUT2D eigenvalue weighted by Crippen LogP contribution is -2.44. The molecule has 0 aromatic heterocycles. The average Bonchev–Trinajstić information content (AvgIpc) is 2.90. The topological polar surface area (TPSA) is 41.9 Å². The van der Waals surface area contributed by atoms with Crippen LogP contribution in [0.1, 0.15) is 21.1 Å². The Morgan fingerprint density at radius 3 is 2.81 bits per heavy atom. The summed E-state index contributed by atoms with van der Waals surface area (Å²) in [5, 5.41) is 10.1. The van der Waals surface area contributed by atoms with Crippen molar-refractivity contribution < 1.29 is 17.3 Å². The molecule has 0 unspecified atom stereocenters. The molecule has 4 nitrogen and oxygen atoms in total. The molecular weight excluding hydrogens is 266 g/mol. The zero-order chi connectivity index (χ0) is 16.8. The van der Waals surface area contributed by atoms with Crippen LogP contribution in [0.15, 0.2) is 30.4 Å². The van der Waals surface area contributed by atoms with Crippen LogP contribution in [0, 0.1) is 0 Å². The molecule has 0 amide bonds. The van der Waals surface area contributed by atoms with Gasteiger partial charge in [-0.2, -0.15) is 0 Å². The summed E-state index contributed by atoms with van der Waals surface area (Å²) in [5.74, 6) is 1.28. The highest BCUT2D eigenvalue weighted by atomic mass is 16.5. The number of methoxy groups -OCH3 is 2. The van der Waals surface area contributed by atoms with Crippen molar-refractivity contribution >= 4 is 0 Å². The van der Waals surface area contributed by atoms with Gasteiger partial charge in [0.25, 0.3) is 0 Å². The number of benzene rings is 1. The van der Waals surface area contributed by atoms with Gasteiger partial charge in [0.15, 0.2) is 11.5 Å². The third-order valence-corrected chi connectivity index (χ3v) is 4.63. The minimum absolute atomic E-state index is 0.423. The van der Waals surface area contributed by atoms with Crippen molar-refractivity contribution in [3.8, 4) is 11.5 Å². The summed E-state index contributed by atoms with van der Waals surface area (Å²) < 4.78 is 27.5. The highest BCUT2D eigenvalue weighted by Crippen LogP contribution is 2.46. The summed E-state index contributed by atoms with van der Waals surface area (Å²) in [6, 6.07) is 5.31. The number of fused-ring (bicyclic) bond motifs is 1. The molecule has 1 aliphatic heterocycles. The smallest absolute Gasteiger partial charge is 0.161 e. The second-order valence-corrected chi connectivity index (χ2v) is 5.71. The van der Waals surface area contributed by atoms with Crippen molar-refractivity contribution in [1.29, 1.82) is 0 Å². The van der Waals surface area contributed by atoms with Crippen molar-refractivity contribution in [3.05, 3.63) is 35.9 Å². The normalized spacial score (nSPS) is 35.8. The van der Waals surface area contributed by atoms with Crippen molar-refractivity contribution in [3.63, 3.8) is 0 Å². The molecule has 2 aliphatic rings. The summed E-state index contributed by atoms with van der Waals surface area (Å²) in [6.07, 6.45) is 1.54. The number of ether oxygens (including phenoxy) is 2. The van der Waals surface area contributed by atoms with Crippen LogP contribution in [-0.2, 0) is 5.41 Å². The van der Waals surface area contributed by atoms with Crippen molar-refractivity contribution in [2.45, 2.75) is 30.4 Å². The SMILES string of the molecule is [2H]C1([2H])[C@H](O)C=C[C@@]2(c3ccc(OC)c(OC)c3)CCN(C)[C@@H]12. The third kappa shape index (κ3) is 2.23. The van der Waals surface area contributed by atoms with Gasteiger partial charge in [-0.3, -0.25) is 0 Å². The Hall–Kier alpha value is -1.52. The summed E-state index contributed by atoms with van der Waals surface area (Å²) >= 11 is 0. The van der Waals surface area contributed by atoms with E-state index in [1.165, 1.54) is 0 Å². The van der Waals surface area contributed by atoms with Crippen LogP contribution in [0.4, 0.5) is 0 Å². The second kappa shape index (κ2) is 5.35. The van der Waals surface area contributed by atoms with Crippen molar-refractivity contribution in [2.24, 2.45) is 0 Å². The standard InChI is InChI=1S/C17H23NO3/c1-18-9-8-17(7-6-13(19)11-16(17)18)12-4-5-14(20-2)15(10-12)21-3/h4-7,10,13,16,19H,8-9,11H2,1-3H3/t13-,16+,17+/m1/s1/i11D2. The van der Waals surface area contributed by atoms with E-state index in [1.54, 1.807) is 20.3 Å². The Morgan fingerprint density at radius 1 is 1.33 bits per heavy atom. The Morgan fingerprint density at radius 2 is 2.10 bits per heavy atom. The van der Waals surface area contributed by atoms with Gasteiger partial charge in [-0.15, -0.1) is 0 Å². The minimum atomic E-state index is -1.72. The monoisotopic (exact) mass is 291 g/mol. The molecule has 3 atom stereocenters. The van der Waals surface area contributed by atoms with Crippen LogP contribution in [-0.4, -0.2) is 50.0 Å². The zero-order valence-electron chi connectivity index (χ0n) is 14.7. The fraction of sp³-hybridized carbons (Fsp3) is 0.529. The number of nitrogens with zero attached hydrogens (tertiary/aromatic N) is 1. The molecule has 0 spiro atoms. The summed E-state index contributed by atoms with van der Waals surface area (Å²) in [4.78, 5) is 2.00. The number of hydrogen-bond donors (Lipinski definition) is 1. The van der Waals surface area contributed by atoms with Crippen LogP contribution < -0.4 is 9.47 Å². The van der Waals surface area contributed by atoms with E-state index in [0.717, 1.165) is 18.5 Å². The number of rotatable bonds is 3. The Balaban J connectivity index is 2.15. The van der Waals surface area contributed by atoms with Crippen molar-refractivity contribution in [1.82, 2.24) is 4.90 Å². The van der Waals surface area contributed by atoms with Gasteiger partial charge in [0.1, 0.15) is 0 Å². The number of hydrogen-bond acceptors (Lipinski definition) is 4. The van der Waals surface area contributed by atoms with Crippen LogP contribution in [0.2, 0.25) is 0 Å². The Labute approximate surface area is 128 Å². The fourth-order valence-electron chi connectivity index (χ4n) is 3.48. The molecule has 1 fully saturated rings. The van der Waals surface area contributed by atoms with Crippen LogP contribution in [0.5, 0.6) is 11.5 Å². The molecule has 114 valence electrons. The van der Waals surface area contributed by atoms with Gasteiger partial charge < -0.3 is 19.5 Å². The van der Waals surface area contributed by atoms with E-state index in [1.807, 2.05) is 36.2 Å². The molecule has 3 rings (SSSR count). The van der Waals surface area contributed by atoms with E-state index in [4.69, 9.17) is 12.2 Å². The van der Waals surface area contributed by atoms with Gasteiger partial charge in [0.05, 0.1) is 20.3 Å². The predicted molar refractivity (Wildman–Crippen MR) is 82.0 cm³/mol. The average molecular weight is 291 g/mol. The van der Waals surface area contributed by atoms with Crippen molar-refractivity contribution in [2.75, 3.05) is 27.8 Å². The molecule has 4 heteroatoms. The van der Waals surface area contributed by atoms with E-state index in [-0.39, 0.29) is 0 Å². The van der Waals surface area contributed by atoms with Gasteiger partial charge >= 0.3 is 0 Å². The lowest BCUT2D eigenvalue weighted by molar-refractivity contribution is 0.137. The molecule has 1 aromatic rings. The fourth-order valence-corrected chi connectivity index (χ4v) is 3.48. The first-order valence-electron chi connectivity index (χ1n) is 8.17. The van der Waals surface area contributed by atoms with Gasteiger partial charge in [-0.05, 0) is 44.1 Å². The Kier molecular flexibility index (Phi) is 3.08. The molecule has 1 aliphatic carbocycles. The molecular formula is C17H23NO3. The van der Waals surface area contributed by atoms with E-state index < -0.39 is 23.9 Å². The van der Waals surface area contributed by atoms with E-state index in [9.17, 15) is 5.11 Å². The maximum atomic E-state index is 10.1. The first kappa shape index (κ1) is 12.1. The van der Waals surface area contributed by atoms with Crippen LogP contribution >= 0.6 is 0 Å². The third-order valence-electron chi connectivity index (χ3n) is 4.63. The summed E-state index contributed by atoms with van der Waals surface area (Å²) in [7, 11) is 5.10. The maximum absolute atomic E-state index is 10.1. The van der Waals surface area contributed by atoms with E-state index >= 15 is 0 Å². The molecule has 21 heavy (non-hydrogen) atoms. The van der Waals surface area contributed by atoms with E-state index in [0.29, 0.717) is 11.5 Å². The largest absolute Gasteiger partial charge is 0.493 e. The number of likely N-dealkylation sites (N-methyl/N-ethyl adjacent to an activating group) is 1. The molecule has 1 heterocycles. The molecule has 0 radical (unpaired) electrons. The molecule has 0 bridgehead atoms. The quantitative estimate of drug-likeness (QED) is 0.865. The second-order valence-electron chi connectivity index (χ2n) is 5.71. The van der Waals surface area contributed by atoms with E-state index in [2.05, 4.69) is 0 Å². The van der Waals surface area contributed by atoms with Crippen LogP contribution in [0.3, 0.4) is 0 Å². The number of likely N-dealkylation sites (tertiary alicyclic amines) is 1. The zero-order valence-corrected chi connectivity index (χ0v) is 12.7. The van der Waals surface area contributed by atoms with Gasteiger partial charge in [0.2, 0.25) is 0 Å².